The molecule has 2 aromatic rings. The Hall–Kier alpha value is -1.50. The molecule has 0 radical (unpaired) electrons. The predicted molar refractivity (Wildman–Crippen MR) is 75.9 cm³/mol. The smallest absolute Gasteiger partial charge is 0.264 e. The summed E-state index contributed by atoms with van der Waals surface area (Å²) in [5.41, 5.74) is 5.88. The molecule has 3 N–H and O–H groups in total. The van der Waals surface area contributed by atoms with Gasteiger partial charge in [-0.15, -0.1) is 0 Å². The van der Waals surface area contributed by atoms with Gasteiger partial charge in [0.25, 0.3) is 10.0 Å². The SMILES string of the molecule is Nc1cc(Cl)ccc1S(=O)(=O)Nc1cccnc1Cl. The molecule has 5 nitrogen and oxygen atoms in total. The van der Waals surface area contributed by atoms with Gasteiger partial charge in [0.05, 0.1) is 11.4 Å². The van der Waals surface area contributed by atoms with Crippen LogP contribution in [0, 0.1) is 0 Å². The van der Waals surface area contributed by atoms with Crippen molar-refractivity contribution in [3.05, 3.63) is 46.7 Å². The van der Waals surface area contributed by atoms with E-state index in [4.69, 9.17) is 28.9 Å². The number of pyridine rings is 1. The van der Waals surface area contributed by atoms with E-state index in [0.717, 1.165) is 0 Å². The highest BCUT2D eigenvalue weighted by Gasteiger charge is 2.19. The number of nitrogen functional groups attached to an aromatic ring is 1. The summed E-state index contributed by atoms with van der Waals surface area (Å²) in [7, 11) is -3.84. The van der Waals surface area contributed by atoms with Crippen LogP contribution in [-0.4, -0.2) is 13.4 Å². The number of nitrogens with zero attached hydrogens (tertiary/aromatic N) is 1. The van der Waals surface area contributed by atoms with Crippen LogP contribution in [0.2, 0.25) is 10.2 Å². The summed E-state index contributed by atoms with van der Waals surface area (Å²) in [5.74, 6) is 0. The minimum absolute atomic E-state index is 0.0543. The summed E-state index contributed by atoms with van der Waals surface area (Å²) >= 11 is 11.5. The van der Waals surface area contributed by atoms with Crippen molar-refractivity contribution >= 4 is 44.6 Å². The van der Waals surface area contributed by atoms with Gasteiger partial charge in [0.1, 0.15) is 4.90 Å². The van der Waals surface area contributed by atoms with Crippen LogP contribution >= 0.6 is 23.2 Å². The highest BCUT2D eigenvalue weighted by Crippen LogP contribution is 2.26. The molecule has 100 valence electrons. The zero-order chi connectivity index (χ0) is 14.0. The number of hydrogen-bond donors (Lipinski definition) is 2. The van der Waals surface area contributed by atoms with E-state index in [9.17, 15) is 8.42 Å². The Balaban J connectivity index is 2.41. The summed E-state index contributed by atoms with van der Waals surface area (Å²) in [6, 6.07) is 7.19. The first-order chi connectivity index (χ1) is 8.90. The molecular formula is C11H9Cl2N3O2S. The van der Waals surface area contributed by atoms with Crippen molar-refractivity contribution in [3.8, 4) is 0 Å². The Morgan fingerprint density at radius 1 is 1.21 bits per heavy atom. The molecule has 2 rings (SSSR count). The van der Waals surface area contributed by atoms with E-state index in [2.05, 4.69) is 9.71 Å². The first-order valence-corrected chi connectivity index (χ1v) is 7.32. The largest absolute Gasteiger partial charge is 0.398 e. The molecule has 0 aliphatic heterocycles. The van der Waals surface area contributed by atoms with Gasteiger partial charge in [-0.25, -0.2) is 13.4 Å². The van der Waals surface area contributed by atoms with E-state index in [-0.39, 0.29) is 21.4 Å². The minimum Gasteiger partial charge on any atom is -0.398 e. The fraction of sp³-hybridized carbons (Fsp3) is 0. The van der Waals surface area contributed by atoms with Crippen LogP contribution in [0.3, 0.4) is 0 Å². The third kappa shape index (κ3) is 3.09. The van der Waals surface area contributed by atoms with Crippen LogP contribution in [0.5, 0.6) is 0 Å². The third-order valence-electron chi connectivity index (χ3n) is 2.26. The molecular weight excluding hydrogens is 309 g/mol. The monoisotopic (exact) mass is 317 g/mol. The number of anilines is 2. The van der Waals surface area contributed by atoms with Crippen molar-refractivity contribution < 1.29 is 8.42 Å². The van der Waals surface area contributed by atoms with E-state index in [0.29, 0.717) is 5.02 Å². The van der Waals surface area contributed by atoms with Gasteiger partial charge in [-0.3, -0.25) is 4.72 Å². The zero-order valence-corrected chi connectivity index (χ0v) is 11.8. The molecule has 0 spiro atoms. The number of halogens is 2. The highest BCUT2D eigenvalue weighted by atomic mass is 35.5. The molecule has 1 aromatic carbocycles. The number of nitrogens with one attached hydrogen (secondary N) is 1. The van der Waals surface area contributed by atoms with Gasteiger partial charge in [0.15, 0.2) is 5.15 Å². The Morgan fingerprint density at radius 3 is 2.58 bits per heavy atom. The molecule has 8 heteroatoms. The van der Waals surface area contributed by atoms with E-state index in [1.165, 1.54) is 30.5 Å². The average molecular weight is 318 g/mol. The van der Waals surface area contributed by atoms with Crippen molar-refractivity contribution in [3.63, 3.8) is 0 Å². The Labute approximate surface area is 120 Å². The molecule has 19 heavy (non-hydrogen) atoms. The van der Waals surface area contributed by atoms with E-state index in [1.54, 1.807) is 6.07 Å². The molecule has 1 aromatic heterocycles. The van der Waals surface area contributed by atoms with Crippen molar-refractivity contribution in [2.45, 2.75) is 4.90 Å². The number of nitrogens with two attached hydrogens (primary N) is 1. The molecule has 0 atom stereocenters. The van der Waals surface area contributed by atoms with Crippen molar-refractivity contribution in [2.75, 3.05) is 10.5 Å². The van der Waals surface area contributed by atoms with Crippen molar-refractivity contribution in [1.29, 1.82) is 0 Å². The number of aromatic nitrogens is 1. The molecule has 0 saturated carbocycles. The second-order valence-electron chi connectivity index (χ2n) is 3.63. The van der Waals surface area contributed by atoms with E-state index >= 15 is 0 Å². The number of rotatable bonds is 3. The zero-order valence-electron chi connectivity index (χ0n) is 9.47. The topological polar surface area (TPSA) is 85.1 Å². The van der Waals surface area contributed by atoms with Gasteiger partial charge in [-0.2, -0.15) is 0 Å². The second-order valence-corrected chi connectivity index (χ2v) is 6.07. The second kappa shape index (κ2) is 5.24. The first-order valence-electron chi connectivity index (χ1n) is 5.08. The van der Waals surface area contributed by atoms with Crippen LogP contribution in [0.25, 0.3) is 0 Å². The van der Waals surface area contributed by atoms with Gasteiger partial charge in [0.2, 0.25) is 0 Å². The van der Waals surface area contributed by atoms with Crippen molar-refractivity contribution in [2.24, 2.45) is 0 Å². The molecule has 0 bridgehead atoms. The van der Waals surface area contributed by atoms with Crippen LogP contribution in [-0.2, 0) is 10.0 Å². The molecule has 0 aliphatic carbocycles. The number of sulfonamides is 1. The maximum absolute atomic E-state index is 12.2. The molecule has 0 saturated heterocycles. The lowest BCUT2D eigenvalue weighted by Gasteiger charge is -2.10. The molecule has 0 amide bonds. The molecule has 0 unspecified atom stereocenters. The molecule has 0 aliphatic rings. The lowest BCUT2D eigenvalue weighted by Crippen LogP contribution is -2.15. The van der Waals surface area contributed by atoms with Gasteiger partial charge >= 0.3 is 0 Å². The molecule has 0 fully saturated rings. The van der Waals surface area contributed by atoms with E-state index < -0.39 is 10.0 Å². The standard InChI is InChI=1S/C11H9Cl2N3O2S/c12-7-3-4-10(8(14)6-7)19(17,18)16-9-2-1-5-15-11(9)13/h1-6,16H,14H2. The summed E-state index contributed by atoms with van der Waals surface area (Å²) in [6.45, 7) is 0. The minimum atomic E-state index is -3.84. The Morgan fingerprint density at radius 2 is 1.95 bits per heavy atom. The lowest BCUT2D eigenvalue weighted by atomic mass is 10.3. The number of benzene rings is 1. The summed E-state index contributed by atoms with van der Waals surface area (Å²) in [5, 5.41) is 0.412. The van der Waals surface area contributed by atoms with Gasteiger partial charge < -0.3 is 5.73 Å². The summed E-state index contributed by atoms with van der Waals surface area (Å²) < 4.78 is 26.6. The highest BCUT2D eigenvalue weighted by molar-refractivity contribution is 7.92. The fourth-order valence-corrected chi connectivity index (χ4v) is 3.01. The molecule has 1 heterocycles. The fourth-order valence-electron chi connectivity index (χ4n) is 1.43. The van der Waals surface area contributed by atoms with E-state index in [1.807, 2.05) is 0 Å². The van der Waals surface area contributed by atoms with Crippen LogP contribution in [0.1, 0.15) is 0 Å². The Bertz CT molecular complexity index is 720. The lowest BCUT2D eigenvalue weighted by molar-refractivity contribution is 0.601. The third-order valence-corrected chi connectivity index (χ3v) is 4.24. The summed E-state index contributed by atoms with van der Waals surface area (Å²) in [6.07, 6.45) is 1.46. The maximum atomic E-state index is 12.2. The van der Waals surface area contributed by atoms with Crippen LogP contribution in [0.4, 0.5) is 11.4 Å². The maximum Gasteiger partial charge on any atom is 0.264 e. The number of hydrogen-bond acceptors (Lipinski definition) is 4. The van der Waals surface area contributed by atoms with Gasteiger partial charge in [-0.1, -0.05) is 23.2 Å². The van der Waals surface area contributed by atoms with Gasteiger partial charge in [0, 0.05) is 11.2 Å². The van der Waals surface area contributed by atoms with Gasteiger partial charge in [-0.05, 0) is 30.3 Å². The Kier molecular flexibility index (Phi) is 3.84. The first kappa shape index (κ1) is 13.9. The quantitative estimate of drug-likeness (QED) is 0.673. The summed E-state index contributed by atoms with van der Waals surface area (Å²) in [4.78, 5) is 3.71. The average Bonchev–Trinajstić information content (AvgIpc) is 2.31. The van der Waals surface area contributed by atoms with Crippen LogP contribution < -0.4 is 10.5 Å². The predicted octanol–water partition coefficient (Wildman–Crippen LogP) is 2.77. The van der Waals surface area contributed by atoms with Crippen LogP contribution in [0.15, 0.2) is 41.4 Å². The normalized spacial score (nSPS) is 11.3. The van der Waals surface area contributed by atoms with Crippen molar-refractivity contribution in [1.82, 2.24) is 4.98 Å².